The lowest BCUT2D eigenvalue weighted by Crippen LogP contribution is -3.00. The van der Waals surface area contributed by atoms with Gasteiger partial charge >= 0.3 is 11.9 Å². The Hall–Kier alpha value is -0.910. The number of hydrogen-bond donors (Lipinski definition) is 0. The summed E-state index contributed by atoms with van der Waals surface area (Å²) < 4.78 is 53.0. The molecule has 0 saturated carbocycles. The molecule has 0 bridgehead atoms. The molecule has 0 amide bonds. The highest BCUT2D eigenvalue weighted by Gasteiger charge is 2.32. The number of nitrogens with zero attached hydrogens (tertiary/aromatic N) is 2. The highest BCUT2D eigenvalue weighted by molar-refractivity contribution is 5.28. The summed E-state index contributed by atoms with van der Waals surface area (Å²) in [7, 11) is 0. The van der Waals surface area contributed by atoms with Gasteiger partial charge < -0.3 is 24.0 Å². The van der Waals surface area contributed by atoms with Crippen molar-refractivity contribution in [2.24, 2.45) is 0 Å². The molecule has 94 valence electrons. The molecular weight excluding hydrogens is 351 g/mol. The van der Waals surface area contributed by atoms with E-state index in [9.17, 15) is 17.6 Å². The summed E-state index contributed by atoms with van der Waals surface area (Å²) in [5, 5.41) is 8.34. The quantitative estimate of drug-likeness (QED) is 0.301. The van der Waals surface area contributed by atoms with Crippen molar-refractivity contribution in [3.63, 3.8) is 0 Å². The highest BCUT2D eigenvalue weighted by atomic mass is 127. The third kappa shape index (κ3) is 3.06. The van der Waals surface area contributed by atoms with Crippen LogP contribution in [0.4, 0.5) is 17.6 Å². The maximum Gasteiger partial charge on any atom is 0.399 e. The van der Waals surface area contributed by atoms with Crippen LogP contribution in [0.1, 0.15) is 25.3 Å². The van der Waals surface area contributed by atoms with E-state index in [1.165, 1.54) is 0 Å². The fourth-order valence-electron chi connectivity index (χ4n) is 1.24. The molecule has 0 fully saturated rings. The van der Waals surface area contributed by atoms with Gasteiger partial charge in [0.2, 0.25) is 11.6 Å². The second-order valence-electron chi connectivity index (χ2n) is 3.20. The largest absolute Gasteiger partial charge is 1.00 e. The molecule has 0 radical (unpaired) electrons. The fraction of sp³-hybridized carbons (Fsp3) is 0.400. The molecule has 1 aromatic rings. The third-order valence-corrected chi connectivity index (χ3v) is 2.12. The average Bonchev–Trinajstić information content (AvgIpc) is 2.27. The number of unbranched alkanes of at least 4 members (excludes halogenated alkanes) is 1. The normalized spacial score (nSPS) is 9.65. The fourth-order valence-corrected chi connectivity index (χ4v) is 1.24. The Kier molecular flexibility index (Phi) is 6.37. The Morgan fingerprint density at radius 1 is 1.12 bits per heavy atom. The average molecular weight is 360 g/mol. The molecule has 7 heteroatoms. The minimum absolute atomic E-state index is 0. The summed E-state index contributed by atoms with van der Waals surface area (Å²) in [5.74, 6) is -6.41. The van der Waals surface area contributed by atoms with E-state index < -0.39 is 29.1 Å². The minimum Gasteiger partial charge on any atom is -1.00 e. The van der Waals surface area contributed by atoms with E-state index in [0.29, 0.717) is 12.8 Å². The number of halogens is 5. The van der Waals surface area contributed by atoms with E-state index in [-0.39, 0.29) is 35.1 Å². The zero-order valence-electron chi connectivity index (χ0n) is 8.91. The van der Waals surface area contributed by atoms with Gasteiger partial charge in [-0.15, -0.1) is 13.3 Å². The predicted octanol–water partition coefficient (Wildman–Crippen LogP) is -0.794. The predicted molar refractivity (Wildman–Crippen MR) is 46.1 cm³/mol. The molecule has 0 aliphatic rings. The maximum absolute atomic E-state index is 13.2. The van der Waals surface area contributed by atoms with Crippen molar-refractivity contribution in [2.75, 3.05) is 0 Å². The molecule has 0 spiro atoms. The first-order chi connectivity index (χ1) is 7.54. The van der Waals surface area contributed by atoms with Gasteiger partial charge in [-0.25, -0.2) is 0 Å². The van der Waals surface area contributed by atoms with Gasteiger partial charge in [0.05, 0.1) is 0 Å². The molecule has 0 aliphatic heterocycles. The molecule has 1 heterocycles. The van der Waals surface area contributed by atoms with E-state index in [1.54, 1.807) is 6.92 Å². The Labute approximate surface area is 113 Å². The van der Waals surface area contributed by atoms with Gasteiger partial charge in [-0.1, -0.05) is 13.3 Å². The number of hydrogen-bond acceptors (Lipinski definition) is 1. The van der Waals surface area contributed by atoms with Crippen molar-refractivity contribution in [2.45, 2.75) is 26.3 Å². The van der Waals surface area contributed by atoms with Crippen molar-refractivity contribution in [3.05, 3.63) is 29.1 Å². The Balaban J connectivity index is 0.00000256. The first kappa shape index (κ1) is 16.1. The summed E-state index contributed by atoms with van der Waals surface area (Å²) >= 11 is 0. The molecule has 1 rings (SSSR count). The van der Waals surface area contributed by atoms with Gasteiger partial charge in [0.1, 0.15) is 11.6 Å². The van der Waals surface area contributed by atoms with Crippen LogP contribution in [0.5, 0.6) is 0 Å². The van der Waals surface area contributed by atoms with Crippen LogP contribution in [0.2, 0.25) is 0 Å². The summed E-state index contributed by atoms with van der Waals surface area (Å²) in [4.78, 5) is 0. The zero-order valence-corrected chi connectivity index (χ0v) is 11.1. The second-order valence-corrected chi connectivity index (χ2v) is 3.20. The van der Waals surface area contributed by atoms with Crippen molar-refractivity contribution < 1.29 is 46.1 Å². The molecule has 17 heavy (non-hydrogen) atoms. The summed E-state index contributed by atoms with van der Waals surface area (Å²) in [6.45, 7) is 1.60. The van der Waals surface area contributed by atoms with Gasteiger partial charge in [0.25, 0.3) is 0 Å². The van der Waals surface area contributed by atoms with Crippen LogP contribution < -0.4 is 28.5 Å². The van der Waals surface area contributed by atoms with Crippen molar-refractivity contribution >= 4 is 0 Å². The molecule has 2 nitrogen and oxygen atoms in total. The van der Waals surface area contributed by atoms with Gasteiger partial charge in [-0.2, -0.15) is 14.0 Å². The third-order valence-electron chi connectivity index (χ3n) is 2.12. The van der Waals surface area contributed by atoms with Crippen molar-refractivity contribution in [1.82, 2.24) is 0 Å². The summed E-state index contributed by atoms with van der Waals surface area (Å²) in [6, 6.07) is 1.09. The van der Waals surface area contributed by atoms with Crippen LogP contribution in [0.3, 0.4) is 0 Å². The molecule has 0 unspecified atom stereocenters. The van der Waals surface area contributed by atoms with E-state index in [1.807, 2.05) is 0 Å². The molecule has 0 aromatic carbocycles. The summed E-state index contributed by atoms with van der Waals surface area (Å²) in [5.41, 5.74) is -1.23. The van der Waals surface area contributed by atoms with Crippen molar-refractivity contribution in [1.29, 1.82) is 5.26 Å². The Morgan fingerprint density at radius 2 is 1.59 bits per heavy atom. The highest BCUT2D eigenvalue weighted by Crippen LogP contribution is 2.14. The molecule has 0 atom stereocenters. The lowest BCUT2D eigenvalue weighted by Gasteiger charge is -2.01. The van der Waals surface area contributed by atoms with E-state index >= 15 is 0 Å². The van der Waals surface area contributed by atoms with Crippen molar-refractivity contribution in [3.8, 4) is 6.07 Å². The lowest BCUT2D eigenvalue weighted by molar-refractivity contribution is -0.753. The Morgan fingerprint density at radius 3 is 1.94 bits per heavy atom. The standard InChI is InChI=1S/C10H9F4N2.HI/c1-2-3-4-16-9(13)7(11)6(5-15)8(12)10(16)14;/h2-4H2,1H3;1H/q+1;/p-1. The topological polar surface area (TPSA) is 27.7 Å². The van der Waals surface area contributed by atoms with Gasteiger partial charge in [0.15, 0.2) is 6.54 Å². The SMILES string of the molecule is CCCC[n+]1c(F)c(F)c(C#N)c(F)c1F.[I-]. The van der Waals surface area contributed by atoms with Gasteiger partial charge in [-0.3, -0.25) is 0 Å². The maximum atomic E-state index is 13.2. The number of nitriles is 1. The first-order valence-corrected chi connectivity index (χ1v) is 4.70. The van der Waals surface area contributed by atoms with Crippen LogP contribution in [0.25, 0.3) is 0 Å². The lowest BCUT2D eigenvalue weighted by atomic mass is 10.2. The number of pyridine rings is 1. The van der Waals surface area contributed by atoms with Crippen LogP contribution in [-0.2, 0) is 6.54 Å². The Bertz CT molecular complexity index is 428. The second kappa shape index (κ2) is 6.74. The summed E-state index contributed by atoms with van der Waals surface area (Å²) in [6.07, 6.45) is 0.998. The molecule has 0 N–H and O–H groups in total. The monoisotopic (exact) mass is 360 g/mol. The van der Waals surface area contributed by atoms with Gasteiger partial charge in [0, 0.05) is 6.42 Å². The molecule has 0 aliphatic carbocycles. The molecule has 0 saturated heterocycles. The van der Waals surface area contributed by atoms with Crippen LogP contribution in [-0.4, -0.2) is 0 Å². The van der Waals surface area contributed by atoms with Gasteiger partial charge in [-0.05, 0) is 0 Å². The number of rotatable bonds is 3. The van der Waals surface area contributed by atoms with Crippen LogP contribution in [0.15, 0.2) is 0 Å². The smallest absolute Gasteiger partial charge is 0.399 e. The van der Waals surface area contributed by atoms with Crippen LogP contribution >= 0.6 is 0 Å². The minimum atomic E-state index is -1.66. The van der Waals surface area contributed by atoms with E-state index in [0.717, 1.165) is 6.07 Å². The zero-order chi connectivity index (χ0) is 12.3. The molecule has 1 aromatic heterocycles. The van der Waals surface area contributed by atoms with E-state index in [2.05, 4.69) is 0 Å². The van der Waals surface area contributed by atoms with E-state index in [4.69, 9.17) is 5.26 Å². The number of aromatic nitrogens is 1. The molecular formula is C10H9F4IN2. The van der Waals surface area contributed by atoms with Crippen LogP contribution in [0, 0.1) is 34.9 Å². The first-order valence-electron chi connectivity index (χ1n) is 4.70.